The van der Waals surface area contributed by atoms with Crippen LogP contribution in [0.1, 0.15) is 86.7 Å². The summed E-state index contributed by atoms with van der Waals surface area (Å²) in [4.78, 5) is 40.3. The zero-order valence-electron chi connectivity index (χ0n) is 24.2. The molecule has 0 radical (unpaired) electrons. The average Bonchev–Trinajstić information content (AvgIpc) is 2.89. The van der Waals surface area contributed by atoms with Crippen LogP contribution in [0, 0.1) is 6.92 Å². The summed E-state index contributed by atoms with van der Waals surface area (Å²) in [6.07, 6.45) is 0.667. The maximum absolute atomic E-state index is 13.8. The first-order valence-electron chi connectivity index (χ1n) is 13.6. The minimum atomic E-state index is -0.946. The Hall–Kier alpha value is -3.23. The van der Waals surface area contributed by atoms with Crippen LogP contribution in [0.15, 0.2) is 42.5 Å². The summed E-state index contributed by atoms with van der Waals surface area (Å²) in [5.74, 6) is 0.358. The van der Waals surface area contributed by atoms with Crippen LogP contribution in [0.3, 0.4) is 0 Å². The van der Waals surface area contributed by atoms with Gasteiger partial charge >= 0.3 is 6.03 Å². The molecular weight excluding hydrogens is 496 g/mol. The van der Waals surface area contributed by atoms with Gasteiger partial charge in [-0.05, 0) is 64.3 Å². The van der Waals surface area contributed by atoms with Crippen LogP contribution < -0.4 is 10.1 Å². The Balaban J connectivity index is 1.88. The molecule has 0 unspecified atom stereocenters. The molecule has 1 aliphatic rings. The van der Waals surface area contributed by atoms with Crippen molar-refractivity contribution in [3.63, 3.8) is 0 Å². The molecule has 0 aliphatic heterocycles. The second-order valence-corrected chi connectivity index (χ2v) is 10.3. The number of hydrogen-bond donors (Lipinski definition) is 1. The van der Waals surface area contributed by atoms with E-state index in [9.17, 15) is 14.4 Å². The molecule has 2 aromatic carbocycles. The maximum atomic E-state index is 13.8. The van der Waals surface area contributed by atoms with Gasteiger partial charge in [0.15, 0.2) is 11.6 Å². The van der Waals surface area contributed by atoms with Gasteiger partial charge in [-0.25, -0.2) is 4.79 Å². The van der Waals surface area contributed by atoms with Gasteiger partial charge in [-0.1, -0.05) is 36.4 Å². The topological polar surface area (TPSA) is 94.2 Å². The molecule has 2 aromatic rings. The molecule has 2 atom stereocenters. The summed E-state index contributed by atoms with van der Waals surface area (Å²) in [5, 5.41) is 3.02. The number of urea groups is 1. The highest BCUT2D eigenvalue weighted by atomic mass is 16.5. The third-order valence-electron chi connectivity index (χ3n) is 7.77. The van der Waals surface area contributed by atoms with Crippen LogP contribution >= 0.6 is 0 Å². The maximum Gasteiger partial charge on any atom is 0.318 e. The molecule has 1 aliphatic carbocycles. The molecule has 1 fully saturated rings. The molecule has 0 heterocycles. The molecule has 1 N–H and O–H groups in total. The fourth-order valence-corrected chi connectivity index (χ4v) is 5.19. The van der Waals surface area contributed by atoms with E-state index in [1.54, 1.807) is 18.1 Å². The Bertz CT molecular complexity index is 1160. The molecular formula is C31H42N2O6. The second kappa shape index (κ2) is 13.2. The monoisotopic (exact) mass is 538 g/mol. The van der Waals surface area contributed by atoms with Gasteiger partial charge in [0.1, 0.15) is 11.3 Å². The van der Waals surface area contributed by atoms with Crippen molar-refractivity contribution in [1.29, 1.82) is 0 Å². The van der Waals surface area contributed by atoms with Crippen molar-refractivity contribution in [2.75, 3.05) is 26.9 Å². The molecule has 0 aromatic heterocycles. The summed E-state index contributed by atoms with van der Waals surface area (Å²) < 4.78 is 17.4. The van der Waals surface area contributed by atoms with Gasteiger partial charge < -0.3 is 24.4 Å². The minimum Gasteiger partial charge on any atom is -0.493 e. The van der Waals surface area contributed by atoms with Gasteiger partial charge in [0.25, 0.3) is 0 Å². The van der Waals surface area contributed by atoms with E-state index >= 15 is 0 Å². The van der Waals surface area contributed by atoms with Gasteiger partial charge in [-0.2, -0.15) is 0 Å². The average molecular weight is 539 g/mol. The van der Waals surface area contributed by atoms with Gasteiger partial charge in [0.2, 0.25) is 0 Å². The van der Waals surface area contributed by atoms with E-state index in [1.807, 2.05) is 64.1 Å². The van der Waals surface area contributed by atoms with Gasteiger partial charge in [0, 0.05) is 26.5 Å². The first-order valence-corrected chi connectivity index (χ1v) is 13.6. The Morgan fingerprint density at radius 1 is 1.08 bits per heavy atom. The van der Waals surface area contributed by atoms with Crippen molar-refractivity contribution < 1.29 is 28.6 Å². The molecule has 0 saturated heterocycles. The van der Waals surface area contributed by atoms with Crippen molar-refractivity contribution in [2.45, 2.75) is 78.2 Å². The Labute approximate surface area is 232 Å². The lowest BCUT2D eigenvalue weighted by Crippen LogP contribution is -2.66. The van der Waals surface area contributed by atoms with Crippen molar-refractivity contribution in [2.24, 2.45) is 0 Å². The zero-order chi connectivity index (χ0) is 28.7. The van der Waals surface area contributed by atoms with Crippen molar-refractivity contribution in [3.05, 3.63) is 64.7 Å². The van der Waals surface area contributed by atoms with Gasteiger partial charge in [0.05, 0.1) is 37.0 Å². The first-order chi connectivity index (χ1) is 18.5. The Morgan fingerprint density at radius 2 is 1.74 bits per heavy atom. The van der Waals surface area contributed by atoms with E-state index < -0.39 is 5.54 Å². The normalized spacial score (nSPS) is 19.9. The highest BCUT2D eigenvalue weighted by Crippen LogP contribution is 2.37. The van der Waals surface area contributed by atoms with Crippen molar-refractivity contribution in [1.82, 2.24) is 10.2 Å². The SMILES string of the molecule is CCOc1c(C(C)=O)ccc([C@@H](C)N(CCO[C@@H](C)c2ccccc2)C(=O)NC2(C(C)=O)CC(OC)C2)c1C. The third-order valence-corrected chi connectivity index (χ3v) is 7.77. The van der Waals surface area contributed by atoms with Crippen LogP contribution in [-0.2, 0) is 14.3 Å². The molecule has 8 heteroatoms. The summed E-state index contributed by atoms with van der Waals surface area (Å²) in [6.45, 7) is 11.7. The number of carbonyl (C=O) groups is 3. The van der Waals surface area contributed by atoms with Crippen LogP contribution in [0.2, 0.25) is 0 Å². The molecule has 3 rings (SSSR count). The molecule has 2 amide bonds. The number of carbonyl (C=O) groups excluding carboxylic acids is 3. The predicted octanol–water partition coefficient (Wildman–Crippen LogP) is 5.58. The number of amides is 2. The molecule has 1 saturated carbocycles. The molecule has 8 nitrogen and oxygen atoms in total. The van der Waals surface area contributed by atoms with E-state index in [2.05, 4.69) is 5.32 Å². The van der Waals surface area contributed by atoms with E-state index in [1.165, 1.54) is 13.8 Å². The van der Waals surface area contributed by atoms with Crippen molar-refractivity contribution >= 4 is 17.6 Å². The second-order valence-electron chi connectivity index (χ2n) is 10.3. The zero-order valence-corrected chi connectivity index (χ0v) is 24.2. The number of ether oxygens (including phenoxy) is 3. The predicted molar refractivity (Wildman–Crippen MR) is 150 cm³/mol. The Morgan fingerprint density at radius 3 is 2.31 bits per heavy atom. The standard InChI is InChI=1S/C31H42N2O6/c1-8-38-29-20(2)27(14-15-28(29)22(4)34)21(3)33(16-17-39-23(5)25-12-10-9-11-13-25)30(36)32-31(24(6)35)18-26(19-31)37-7/h9-15,21,23,26H,8,16-19H2,1-7H3,(H,32,36)/t21-,23+,26?,31?/m1/s1. The van der Waals surface area contributed by atoms with Crippen LogP contribution in [0.25, 0.3) is 0 Å². The number of hydrogen-bond acceptors (Lipinski definition) is 6. The fraction of sp³-hybridized carbons (Fsp3) is 0.516. The number of ketones is 2. The summed E-state index contributed by atoms with van der Waals surface area (Å²) in [5.41, 5.74) is 2.27. The summed E-state index contributed by atoms with van der Waals surface area (Å²) in [7, 11) is 1.61. The minimum absolute atomic E-state index is 0.0646. The number of benzene rings is 2. The Kier molecular flexibility index (Phi) is 10.3. The molecule has 39 heavy (non-hydrogen) atoms. The molecule has 212 valence electrons. The van der Waals surface area contributed by atoms with Gasteiger partial charge in [-0.15, -0.1) is 0 Å². The fourth-order valence-electron chi connectivity index (χ4n) is 5.19. The number of Topliss-reactive ketones (excluding diaryl/α,β-unsaturated/α-hetero) is 2. The number of methoxy groups -OCH3 is 1. The summed E-state index contributed by atoms with van der Waals surface area (Å²) >= 11 is 0. The third kappa shape index (κ3) is 6.86. The van der Waals surface area contributed by atoms with Crippen LogP contribution in [-0.4, -0.2) is 61.0 Å². The number of nitrogens with one attached hydrogen (secondary N) is 1. The lowest BCUT2D eigenvalue weighted by atomic mass is 9.71. The van der Waals surface area contributed by atoms with E-state index in [4.69, 9.17) is 14.2 Å². The van der Waals surface area contributed by atoms with E-state index in [0.29, 0.717) is 43.9 Å². The number of nitrogens with zero attached hydrogens (tertiary/aromatic N) is 1. The van der Waals surface area contributed by atoms with E-state index in [-0.39, 0.29) is 35.8 Å². The highest BCUT2D eigenvalue weighted by molar-refractivity contribution is 5.97. The molecule has 0 spiro atoms. The quantitative estimate of drug-likeness (QED) is 0.335. The largest absolute Gasteiger partial charge is 0.493 e. The van der Waals surface area contributed by atoms with E-state index in [0.717, 1.165) is 16.7 Å². The van der Waals surface area contributed by atoms with Crippen LogP contribution in [0.5, 0.6) is 5.75 Å². The number of rotatable bonds is 13. The molecule has 0 bridgehead atoms. The lowest BCUT2D eigenvalue weighted by Gasteiger charge is -2.46. The summed E-state index contributed by atoms with van der Waals surface area (Å²) in [6, 6.07) is 12.8. The lowest BCUT2D eigenvalue weighted by molar-refractivity contribution is -0.133. The van der Waals surface area contributed by atoms with Crippen molar-refractivity contribution in [3.8, 4) is 5.75 Å². The smallest absolute Gasteiger partial charge is 0.318 e. The van der Waals surface area contributed by atoms with Gasteiger partial charge in [-0.3, -0.25) is 9.59 Å². The van der Waals surface area contributed by atoms with Crippen LogP contribution in [0.4, 0.5) is 4.79 Å². The highest BCUT2D eigenvalue weighted by Gasteiger charge is 2.50. The first kappa shape index (κ1) is 30.3.